The number of aliphatic hydroxyl groups is 1. The van der Waals surface area contributed by atoms with Crippen LogP contribution in [0.5, 0.6) is 0 Å². The van der Waals surface area contributed by atoms with E-state index >= 15 is 0 Å². The van der Waals surface area contributed by atoms with Crippen LogP contribution in [0.1, 0.15) is 43.2 Å². The number of aliphatic hydroxyl groups excluding tert-OH is 1. The van der Waals surface area contributed by atoms with Crippen molar-refractivity contribution in [1.29, 1.82) is 0 Å². The van der Waals surface area contributed by atoms with Crippen LogP contribution in [0, 0.1) is 17.8 Å². The molecule has 0 aliphatic heterocycles. The molecule has 1 fully saturated rings. The number of rotatable bonds is 9. The maximum Gasteiger partial charge on any atom is 0.329 e. The van der Waals surface area contributed by atoms with Gasteiger partial charge in [0.2, 0.25) is 5.91 Å². The van der Waals surface area contributed by atoms with Crippen molar-refractivity contribution in [3.8, 4) is 11.8 Å². The number of amides is 2. The van der Waals surface area contributed by atoms with E-state index in [9.17, 15) is 19.5 Å². The van der Waals surface area contributed by atoms with Gasteiger partial charge in [-0.3, -0.25) is 14.8 Å². The van der Waals surface area contributed by atoms with E-state index in [0.29, 0.717) is 10.6 Å². The number of carbonyl (C=O) groups is 3. The Bertz CT molecular complexity index is 1110. The third-order valence-corrected chi connectivity index (χ3v) is 6.31. The molecule has 1 unspecified atom stereocenters. The molecule has 1 aliphatic carbocycles. The predicted octanol–water partition coefficient (Wildman–Crippen LogP) is 2.78. The van der Waals surface area contributed by atoms with Crippen molar-refractivity contribution in [2.75, 3.05) is 0 Å². The SMILES string of the molecule is O=C(OC1CCCC1)C(Cc1ccccc1)NC(=O)[C@H](CC#Cc1ccccc1Cl)[C@H](O)C(=O)NO. The summed E-state index contributed by atoms with van der Waals surface area (Å²) < 4.78 is 5.63. The molecular formula is C27H29ClN2O6. The Balaban J connectivity index is 1.79. The standard InChI is InChI=1S/C27H29ClN2O6/c28-22-16-7-4-11-19(22)12-8-15-21(24(31)26(33)30-35)25(32)29-23(17-18-9-2-1-3-10-18)27(34)36-20-13-5-6-14-20/h1-4,7,9-11,16,20-21,23-24,31,35H,5-6,13-15,17H2,(H,29,32)(H,30,33)/t21-,23?,24+/m1/s1. The van der Waals surface area contributed by atoms with Gasteiger partial charge in [0.1, 0.15) is 18.2 Å². The minimum atomic E-state index is -1.90. The summed E-state index contributed by atoms with van der Waals surface area (Å²) in [7, 11) is 0. The molecule has 2 aromatic carbocycles. The largest absolute Gasteiger partial charge is 0.461 e. The molecule has 9 heteroatoms. The van der Waals surface area contributed by atoms with Gasteiger partial charge in [0.05, 0.1) is 10.9 Å². The molecule has 0 heterocycles. The van der Waals surface area contributed by atoms with Crippen LogP contribution in [-0.2, 0) is 25.5 Å². The fraction of sp³-hybridized carbons (Fsp3) is 0.370. The zero-order valence-corrected chi connectivity index (χ0v) is 20.4. The lowest BCUT2D eigenvalue weighted by Crippen LogP contribution is -2.51. The number of hydrogen-bond donors (Lipinski definition) is 4. The monoisotopic (exact) mass is 512 g/mol. The Morgan fingerprint density at radius 3 is 2.36 bits per heavy atom. The molecule has 0 bridgehead atoms. The molecule has 2 aromatic rings. The van der Waals surface area contributed by atoms with Crippen LogP contribution in [0.3, 0.4) is 0 Å². The van der Waals surface area contributed by atoms with Crippen molar-refractivity contribution in [3.63, 3.8) is 0 Å². The summed E-state index contributed by atoms with van der Waals surface area (Å²) in [6, 6.07) is 14.9. The number of carbonyl (C=O) groups excluding carboxylic acids is 3. The van der Waals surface area contributed by atoms with Gasteiger partial charge in [0, 0.05) is 18.4 Å². The van der Waals surface area contributed by atoms with Crippen LogP contribution in [0.15, 0.2) is 54.6 Å². The van der Waals surface area contributed by atoms with Crippen LogP contribution in [0.25, 0.3) is 0 Å². The summed E-state index contributed by atoms with van der Waals surface area (Å²) in [5.74, 6) is 1.69. The van der Waals surface area contributed by atoms with Gasteiger partial charge in [0.15, 0.2) is 0 Å². The van der Waals surface area contributed by atoms with E-state index in [1.54, 1.807) is 24.3 Å². The van der Waals surface area contributed by atoms with Crippen molar-refractivity contribution in [2.45, 2.75) is 56.8 Å². The van der Waals surface area contributed by atoms with Gasteiger partial charge in [-0.15, -0.1) is 0 Å². The van der Waals surface area contributed by atoms with Gasteiger partial charge >= 0.3 is 5.97 Å². The Morgan fingerprint density at radius 1 is 1.03 bits per heavy atom. The van der Waals surface area contributed by atoms with Crippen molar-refractivity contribution in [3.05, 3.63) is 70.7 Å². The van der Waals surface area contributed by atoms with E-state index in [2.05, 4.69) is 17.2 Å². The molecule has 0 radical (unpaired) electrons. The average Bonchev–Trinajstić information content (AvgIpc) is 3.40. The second-order valence-electron chi connectivity index (χ2n) is 8.61. The first-order chi connectivity index (χ1) is 17.4. The summed E-state index contributed by atoms with van der Waals surface area (Å²) in [4.78, 5) is 38.2. The molecule has 4 N–H and O–H groups in total. The lowest BCUT2D eigenvalue weighted by atomic mass is 9.95. The minimum Gasteiger partial charge on any atom is -0.461 e. The highest BCUT2D eigenvalue weighted by Gasteiger charge is 2.35. The molecule has 8 nitrogen and oxygen atoms in total. The number of nitrogens with one attached hydrogen (secondary N) is 2. The van der Waals surface area contributed by atoms with Gasteiger partial charge in [-0.25, -0.2) is 10.3 Å². The average molecular weight is 513 g/mol. The molecule has 36 heavy (non-hydrogen) atoms. The number of esters is 1. The summed E-state index contributed by atoms with van der Waals surface area (Å²) in [6.45, 7) is 0. The fourth-order valence-electron chi connectivity index (χ4n) is 3.99. The molecule has 0 aromatic heterocycles. The summed E-state index contributed by atoms with van der Waals surface area (Å²) in [5.41, 5.74) is 2.67. The van der Waals surface area contributed by atoms with E-state index in [4.69, 9.17) is 21.5 Å². The maximum atomic E-state index is 13.2. The van der Waals surface area contributed by atoms with E-state index < -0.39 is 35.8 Å². The molecular weight excluding hydrogens is 484 g/mol. The molecule has 0 spiro atoms. The number of benzene rings is 2. The lowest BCUT2D eigenvalue weighted by Gasteiger charge is -2.24. The van der Waals surface area contributed by atoms with Gasteiger partial charge in [-0.05, 0) is 43.4 Å². The van der Waals surface area contributed by atoms with Crippen LogP contribution in [0.2, 0.25) is 5.02 Å². The molecule has 1 saturated carbocycles. The fourth-order valence-corrected chi connectivity index (χ4v) is 4.17. The number of halogens is 1. The van der Waals surface area contributed by atoms with Gasteiger partial charge in [-0.2, -0.15) is 0 Å². The second-order valence-corrected chi connectivity index (χ2v) is 9.01. The highest BCUT2D eigenvalue weighted by molar-refractivity contribution is 6.31. The molecule has 190 valence electrons. The summed E-state index contributed by atoms with van der Waals surface area (Å²) in [6.07, 6.45) is 1.32. The van der Waals surface area contributed by atoms with Crippen LogP contribution in [-0.4, -0.2) is 46.3 Å². The third kappa shape index (κ3) is 7.82. The number of hydrogen-bond acceptors (Lipinski definition) is 6. The number of hydroxylamine groups is 1. The Hall–Kier alpha value is -3.38. The summed E-state index contributed by atoms with van der Waals surface area (Å²) >= 11 is 6.11. The Labute approximate surface area is 214 Å². The molecule has 3 rings (SSSR count). The molecule has 1 aliphatic rings. The van der Waals surface area contributed by atoms with Crippen LogP contribution in [0.4, 0.5) is 0 Å². The van der Waals surface area contributed by atoms with Crippen molar-refractivity contribution >= 4 is 29.4 Å². The van der Waals surface area contributed by atoms with Crippen molar-refractivity contribution < 1.29 is 29.4 Å². The first-order valence-electron chi connectivity index (χ1n) is 11.8. The zero-order valence-electron chi connectivity index (χ0n) is 19.7. The molecule has 3 atom stereocenters. The van der Waals surface area contributed by atoms with Crippen molar-refractivity contribution in [1.82, 2.24) is 10.8 Å². The first-order valence-corrected chi connectivity index (χ1v) is 12.2. The second kappa shape index (κ2) is 13.6. The van der Waals surface area contributed by atoms with E-state index in [-0.39, 0.29) is 18.9 Å². The van der Waals surface area contributed by atoms with Crippen LogP contribution < -0.4 is 10.8 Å². The Morgan fingerprint density at radius 2 is 1.69 bits per heavy atom. The number of ether oxygens (including phenoxy) is 1. The van der Waals surface area contributed by atoms with Gasteiger partial charge in [0.25, 0.3) is 5.91 Å². The zero-order chi connectivity index (χ0) is 25.9. The third-order valence-electron chi connectivity index (χ3n) is 5.98. The quantitative estimate of drug-likeness (QED) is 0.177. The van der Waals surface area contributed by atoms with Gasteiger partial charge < -0.3 is 15.2 Å². The van der Waals surface area contributed by atoms with E-state index in [1.165, 1.54) is 5.48 Å². The first kappa shape index (κ1) is 27.2. The smallest absolute Gasteiger partial charge is 0.329 e. The van der Waals surface area contributed by atoms with E-state index in [0.717, 1.165) is 31.2 Å². The highest BCUT2D eigenvalue weighted by Crippen LogP contribution is 2.22. The lowest BCUT2D eigenvalue weighted by molar-refractivity contribution is -0.154. The topological polar surface area (TPSA) is 125 Å². The maximum absolute atomic E-state index is 13.2. The Kier molecular flexibility index (Phi) is 10.3. The summed E-state index contributed by atoms with van der Waals surface area (Å²) in [5, 5.41) is 22.5. The highest BCUT2D eigenvalue weighted by atomic mass is 35.5. The van der Waals surface area contributed by atoms with Crippen LogP contribution >= 0.6 is 11.6 Å². The van der Waals surface area contributed by atoms with Crippen molar-refractivity contribution in [2.24, 2.45) is 5.92 Å². The molecule has 2 amide bonds. The van der Waals surface area contributed by atoms with E-state index in [1.807, 2.05) is 30.3 Å². The predicted molar refractivity (Wildman–Crippen MR) is 133 cm³/mol. The molecule has 0 saturated heterocycles. The minimum absolute atomic E-state index is 0.165. The normalized spacial score (nSPS) is 15.6. The van der Waals surface area contributed by atoms with Gasteiger partial charge in [-0.1, -0.05) is 65.9 Å².